The van der Waals surface area contributed by atoms with Crippen molar-refractivity contribution in [1.29, 1.82) is 0 Å². The molecule has 0 aromatic carbocycles. The summed E-state index contributed by atoms with van der Waals surface area (Å²) in [5, 5.41) is -0.214. The second-order valence-corrected chi connectivity index (χ2v) is 10.6. The summed E-state index contributed by atoms with van der Waals surface area (Å²) in [6.45, 7) is 2.98. The van der Waals surface area contributed by atoms with Crippen molar-refractivity contribution in [3.05, 3.63) is 30.1 Å². The van der Waals surface area contributed by atoms with E-state index in [0.29, 0.717) is 0 Å². The zero-order chi connectivity index (χ0) is 20.0. The molecule has 0 unspecified atom stereocenters. The van der Waals surface area contributed by atoms with Crippen LogP contribution in [-0.2, 0) is 21.1 Å². The summed E-state index contributed by atoms with van der Waals surface area (Å²) in [7, 11) is -1.29. The first-order chi connectivity index (χ1) is 13.5. The Labute approximate surface area is 169 Å². The van der Waals surface area contributed by atoms with Gasteiger partial charge in [-0.15, -0.1) is 0 Å². The predicted molar refractivity (Wildman–Crippen MR) is 111 cm³/mol. The average Bonchev–Trinajstić information content (AvgIpc) is 3.27. The van der Waals surface area contributed by atoms with Gasteiger partial charge in [0.2, 0.25) is 5.91 Å². The van der Waals surface area contributed by atoms with E-state index in [2.05, 4.69) is 22.0 Å². The van der Waals surface area contributed by atoms with E-state index in [1.807, 2.05) is 19.4 Å². The number of sulfone groups is 1. The average molecular weight is 408 g/mol. The number of amides is 1. The van der Waals surface area contributed by atoms with Crippen LogP contribution in [0.1, 0.15) is 50.5 Å². The standard InChI is InChI=1S/C21H33N3O3S/c1-23(21(25)11-17-28(26,27)20-4-2-3-5-20)19-9-15-24(16-10-19)14-8-18-6-12-22-13-7-18/h6-7,12-13,19-20H,2-5,8-11,14-17H2,1H3. The van der Waals surface area contributed by atoms with E-state index < -0.39 is 9.84 Å². The lowest BCUT2D eigenvalue weighted by atomic mass is 10.0. The maximum Gasteiger partial charge on any atom is 0.223 e. The molecule has 3 rings (SSSR count). The second kappa shape index (κ2) is 9.83. The molecular weight excluding hydrogens is 374 g/mol. The van der Waals surface area contributed by atoms with Gasteiger partial charge in [-0.25, -0.2) is 8.42 Å². The van der Waals surface area contributed by atoms with Crippen molar-refractivity contribution >= 4 is 15.7 Å². The molecule has 2 heterocycles. The molecule has 1 aromatic rings. The fraction of sp³-hybridized carbons (Fsp3) is 0.714. The number of hydrogen-bond acceptors (Lipinski definition) is 5. The van der Waals surface area contributed by atoms with E-state index >= 15 is 0 Å². The minimum Gasteiger partial charge on any atom is -0.343 e. The first-order valence-corrected chi connectivity index (χ1v) is 12.3. The van der Waals surface area contributed by atoms with Crippen molar-refractivity contribution in [2.75, 3.05) is 32.4 Å². The highest BCUT2D eigenvalue weighted by Crippen LogP contribution is 2.26. The lowest BCUT2D eigenvalue weighted by Gasteiger charge is -2.37. The molecule has 1 aliphatic heterocycles. The Hall–Kier alpha value is -1.47. The van der Waals surface area contributed by atoms with Crippen LogP contribution in [0.2, 0.25) is 0 Å². The molecule has 1 aromatic heterocycles. The molecule has 1 amide bonds. The molecule has 28 heavy (non-hydrogen) atoms. The summed E-state index contributed by atoms with van der Waals surface area (Å²) < 4.78 is 24.8. The Bertz CT molecular complexity index is 725. The number of hydrogen-bond donors (Lipinski definition) is 0. The number of carbonyl (C=O) groups is 1. The summed E-state index contributed by atoms with van der Waals surface area (Å²) in [6.07, 6.45) is 10.2. The van der Waals surface area contributed by atoms with E-state index in [1.165, 1.54) is 5.56 Å². The van der Waals surface area contributed by atoms with Crippen LogP contribution in [-0.4, -0.2) is 72.8 Å². The monoisotopic (exact) mass is 407 g/mol. The van der Waals surface area contributed by atoms with E-state index in [4.69, 9.17) is 0 Å². The summed E-state index contributed by atoms with van der Waals surface area (Å²) in [5.74, 6) is -0.0252. The third-order valence-corrected chi connectivity index (χ3v) is 8.64. The number of piperidine rings is 1. The highest BCUT2D eigenvalue weighted by Gasteiger charge is 2.30. The number of aromatic nitrogens is 1. The van der Waals surface area contributed by atoms with Gasteiger partial charge < -0.3 is 9.80 Å². The largest absolute Gasteiger partial charge is 0.343 e. The maximum absolute atomic E-state index is 12.5. The van der Waals surface area contributed by atoms with Gasteiger partial charge in [-0.1, -0.05) is 12.8 Å². The van der Waals surface area contributed by atoms with Gasteiger partial charge in [-0.05, 0) is 49.8 Å². The topological polar surface area (TPSA) is 70.6 Å². The SMILES string of the molecule is CN(C(=O)CCS(=O)(=O)C1CCCC1)C1CCN(CCc2ccncc2)CC1. The zero-order valence-electron chi connectivity index (χ0n) is 16.9. The Balaban J connectivity index is 1.39. The van der Waals surface area contributed by atoms with Crippen LogP contribution < -0.4 is 0 Å². The van der Waals surface area contributed by atoms with Gasteiger partial charge in [0.1, 0.15) is 0 Å². The molecule has 2 fully saturated rings. The van der Waals surface area contributed by atoms with Crippen molar-refractivity contribution in [3.63, 3.8) is 0 Å². The quantitative estimate of drug-likeness (QED) is 0.661. The van der Waals surface area contributed by atoms with E-state index in [0.717, 1.165) is 64.6 Å². The van der Waals surface area contributed by atoms with Crippen LogP contribution in [0.4, 0.5) is 0 Å². The minimum atomic E-state index is -3.12. The summed E-state index contributed by atoms with van der Waals surface area (Å²) >= 11 is 0. The first kappa shape index (κ1) is 21.2. The van der Waals surface area contributed by atoms with Gasteiger partial charge >= 0.3 is 0 Å². The summed E-state index contributed by atoms with van der Waals surface area (Å²) in [5.41, 5.74) is 1.30. The van der Waals surface area contributed by atoms with Crippen molar-refractivity contribution in [2.45, 2.75) is 62.7 Å². The molecule has 0 N–H and O–H groups in total. The van der Waals surface area contributed by atoms with Gasteiger partial charge in [0.15, 0.2) is 9.84 Å². The van der Waals surface area contributed by atoms with Crippen molar-refractivity contribution in [2.24, 2.45) is 0 Å². The number of pyridine rings is 1. The molecule has 0 radical (unpaired) electrons. The van der Waals surface area contributed by atoms with Crippen LogP contribution in [0.3, 0.4) is 0 Å². The summed E-state index contributed by atoms with van der Waals surface area (Å²) in [6, 6.07) is 4.33. The molecule has 1 saturated carbocycles. The number of carbonyl (C=O) groups excluding carboxylic acids is 1. The van der Waals surface area contributed by atoms with Crippen molar-refractivity contribution < 1.29 is 13.2 Å². The molecule has 156 valence electrons. The molecular formula is C21H33N3O3S. The van der Waals surface area contributed by atoms with Crippen molar-refractivity contribution in [1.82, 2.24) is 14.8 Å². The van der Waals surface area contributed by atoms with Gasteiger partial charge in [0.05, 0.1) is 11.0 Å². The molecule has 6 nitrogen and oxygen atoms in total. The van der Waals surface area contributed by atoms with Crippen LogP contribution in [0.25, 0.3) is 0 Å². The van der Waals surface area contributed by atoms with Crippen LogP contribution in [0, 0.1) is 0 Å². The number of rotatable bonds is 8. The Morgan fingerprint density at radius 1 is 1.14 bits per heavy atom. The fourth-order valence-electron chi connectivity index (χ4n) is 4.39. The third-order valence-electron chi connectivity index (χ3n) is 6.37. The molecule has 7 heteroatoms. The smallest absolute Gasteiger partial charge is 0.223 e. The Kier molecular flexibility index (Phi) is 7.46. The lowest BCUT2D eigenvalue weighted by molar-refractivity contribution is -0.132. The number of likely N-dealkylation sites (tertiary alicyclic amines) is 1. The third kappa shape index (κ3) is 5.77. The molecule has 0 atom stereocenters. The van der Waals surface area contributed by atoms with Gasteiger partial charge in [0, 0.05) is 51.5 Å². The molecule has 1 saturated heterocycles. The van der Waals surface area contributed by atoms with Gasteiger partial charge in [-0.3, -0.25) is 9.78 Å². The Morgan fingerprint density at radius 2 is 1.79 bits per heavy atom. The highest BCUT2D eigenvalue weighted by atomic mass is 32.2. The molecule has 0 bridgehead atoms. The predicted octanol–water partition coefficient (Wildman–Crippen LogP) is 2.29. The van der Waals surface area contributed by atoms with Gasteiger partial charge in [-0.2, -0.15) is 0 Å². The zero-order valence-corrected chi connectivity index (χ0v) is 17.7. The van der Waals surface area contributed by atoms with Crippen molar-refractivity contribution in [3.8, 4) is 0 Å². The van der Waals surface area contributed by atoms with E-state index in [9.17, 15) is 13.2 Å². The number of nitrogens with zero attached hydrogens (tertiary/aromatic N) is 3. The van der Waals surface area contributed by atoms with Crippen LogP contribution >= 0.6 is 0 Å². The Morgan fingerprint density at radius 3 is 2.43 bits per heavy atom. The molecule has 0 spiro atoms. The fourth-order valence-corrected chi connectivity index (χ4v) is 6.23. The minimum absolute atomic E-state index is 0.00557. The highest BCUT2D eigenvalue weighted by molar-refractivity contribution is 7.92. The van der Waals surface area contributed by atoms with E-state index in [1.54, 1.807) is 4.90 Å². The lowest BCUT2D eigenvalue weighted by Crippen LogP contribution is -2.46. The normalized spacial score (nSPS) is 19.8. The maximum atomic E-state index is 12.5. The van der Waals surface area contributed by atoms with E-state index in [-0.39, 0.29) is 29.4 Å². The van der Waals surface area contributed by atoms with Crippen LogP contribution in [0.5, 0.6) is 0 Å². The summed E-state index contributed by atoms with van der Waals surface area (Å²) in [4.78, 5) is 20.8. The molecule has 2 aliphatic rings. The molecule has 1 aliphatic carbocycles. The van der Waals surface area contributed by atoms with Crippen LogP contribution in [0.15, 0.2) is 24.5 Å². The second-order valence-electron chi connectivity index (χ2n) is 8.21. The first-order valence-electron chi connectivity index (χ1n) is 10.5. The van der Waals surface area contributed by atoms with Gasteiger partial charge in [0.25, 0.3) is 0 Å².